The van der Waals surface area contributed by atoms with Crippen LogP contribution in [0.3, 0.4) is 0 Å². The molecule has 1 aromatic carbocycles. The van der Waals surface area contributed by atoms with Crippen LogP contribution in [0.15, 0.2) is 24.5 Å². The number of aliphatic hydroxyl groups is 1. The van der Waals surface area contributed by atoms with Crippen LogP contribution in [0.5, 0.6) is 5.75 Å². The highest BCUT2D eigenvalue weighted by Crippen LogP contribution is 2.22. The first-order valence-electron chi connectivity index (χ1n) is 6.58. The van der Waals surface area contributed by atoms with Gasteiger partial charge in [0, 0.05) is 18.2 Å². The molecule has 0 spiro atoms. The molecule has 2 rings (SSSR count). The topological polar surface area (TPSA) is 60.2 Å². The van der Waals surface area contributed by atoms with Gasteiger partial charge in [-0.3, -0.25) is 0 Å². The lowest BCUT2D eigenvalue weighted by atomic mass is 10.1. The lowest BCUT2D eigenvalue weighted by Gasteiger charge is -2.10. The number of hydrogen-bond donors (Lipinski definition) is 1. The van der Waals surface area contributed by atoms with Crippen LogP contribution in [0.2, 0.25) is 0 Å². The second-order valence-corrected chi connectivity index (χ2v) is 4.55. The van der Waals surface area contributed by atoms with Gasteiger partial charge < -0.3 is 9.84 Å². The Hall–Kier alpha value is -1.95. The van der Waals surface area contributed by atoms with Crippen LogP contribution in [0.1, 0.15) is 37.8 Å². The fourth-order valence-corrected chi connectivity index (χ4v) is 1.88. The maximum Gasteiger partial charge on any atom is 0.164 e. The summed E-state index contributed by atoms with van der Waals surface area (Å²) in [5.41, 5.74) is 0.256. The Labute approximate surface area is 117 Å². The van der Waals surface area contributed by atoms with E-state index < -0.39 is 11.9 Å². The van der Waals surface area contributed by atoms with Crippen molar-refractivity contribution in [3.05, 3.63) is 41.7 Å². The standard InChI is InChI=1S/C14H18FN3O2/c1-3-6-18-14(16-9-17-18)8-20-11-4-5-12(10(2)19)13(15)7-11/h4-5,7,9-10,19H,3,6,8H2,1-2H3/t10-/m1/s1. The van der Waals surface area contributed by atoms with E-state index in [9.17, 15) is 9.50 Å². The van der Waals surface area contributed by atoms with Crippen molar-refractivity contribution < 1.29 is 14.2 Å². The third-order valence-electron chi connectivity index (χ3n) is 2.92. The Balaban J connectivity index is 2.04. The summed E-state index contributed by atoms with van der Waals surface area (Å²) in [5.74, 6) is 0.623. The lowest BCUT2D eigenvalue weighted by molar-refractivity contribution is 0.193. The van der Waals surface area contributed by atoms with Gasteiger partial charge in [-0.05, 0) is 25.5 Å². The molecule has 0 saturated heterocycles. The van der Waals surface area contributed by atoms with Gasteiger partial charge in [-0.25, -0.2) is 14.1 Å². The van der Waals surface area contributed by atoms with Gasteiger partial charge in [0.15, 0.2) is 5.82 Å². The number of aliphatic hydroxyl groups excluding tert-OH is 1. The molecule has 0 fully saturated rings. The normalized spacial score (nSPS) is 12.4. The zero-order valence-electron chi connectivity index (χ0n) is 11.6. The first-order valence-corrected chi connectivity index (χ1v) is 6.58. The highest BCUT2D eigenvalue weighted by Gasteiger charge is 2.10. The minimum absolute atomic E-state index is 0.230. The Bertz CT molecular complexity index is 569. The van der Waals surface area contributed by atoms with Gasteiger partial charge in [0.05, 0.1) is 6.10 Å². The largest absolute Gasteiger partial charge is 0.486 e. The molecule has 2 aromatic rings. The lowest BCUT2D eigenvalue weighted by Crippen LogP contribution is -2.08. The van der Waals surface area contributed by atoms with Crippen LogP contribution < -0.4 is 4.74 Å². The third-order valence-corrected chi connectivity index (χ3v) is 2.92. The number of hydrogen-bond acceptors (Lipinski definition) is 4. The van der Waals surface area contributed by atoms with E-state index in [0.29, 0.717) is 11.6 Å². The zero-order chi connectivity index (χ0) is 14.5. The number of aryl methyl sites for hydroxylation is 1. The van der Waals surface area contributed by atoms with Crippen molar-refractivity contribution >= 4 is 0 Å². The van der Waals surface area contributed by atoms with Crippen LogP contribution in [0.4, 0.5) is 4.39 Å². The highest BCUT2D eigenvalue weighted by atomic mass is 19.1. The van der Waals surface area contributed by atoms with Gasteiger partial charge >= 0.3 is 0 Å². The quantitative estimate of drug-likeness (QED) is 0.882. The monoisotopic (exact) mass is 279 g/mol. The first kappa shape index (κ1) is 14.5. The van der Waals surface area contributed by atoms with Crippen molar-refractivity contribution in [1.82, 2.24) is 14.8 Å². The molecule has 0 saturated carbocycles. The molecule has 1 N–H and O–H groups in total. The SMILES string of the molecule is CCCn1ncnc1COc1ccc([C@@H](C)O)c(F)c1. The summed E-state index contributed by atoms with van der Waals surface area (Å²) in [6.45, 7) is 4.57. The molecule has 6 heteroatoms. The zero-order valence-corrected chi connectivity index (χ0v) is 11.6. The van der Waals surface area contributed by atoms with Crippen molar-refractivity contribution in [3.63, 3.8) is 0 Å². The molecule has 1 atom stereocenters. The summed E-state index contributed by atoms with van der Waals surface area (Å²) in [5, 5.41) is 13.5. The summed E-state index contributed by atoms with van der Waals surface area (Å²) in [4.78, 5) is 4.11. The Morgan fingerprint density at radius 2 is 2.25 bits per heavy atom. The number of halogens is 1. The second kappa shape index (κ2) is 6.47. The molecule has 0 amide bonds. The van der Waals surface area contributed by atoms with Crippen molar-refractivity contribution in [1.29, 1.82) is 0 Å². The van der Waals surface area contributed by atoms with E-state index in [0.717, 1.165) is 13.0 Å². The molecule has 1 aromatic heterocycles. The molecule has 20 heavy (non-hydrogen) atoms. The summed E-state index contributed by atoms with van der Waals surface area (Å²) >= 11 is 0. The molecule has 0 unspecified atom stereocenters. The van der Waals surface area contributed by atoms with E-state index in [2.05, 4.69) is 17.0 Å². The molecule has 0 aliphatic heterocycles. The number of benzene rings is 1. The van der Waals surface area contributed by atoms with Gasteiger partial charge in [0.2, 0.25) is 0 Å². The van der Waals surface area contributed by atoms with Crippen molar-refractivity contribution in [3.8, 4) is 5.75 Å². The van der Waals surface area contributed by atoms with Crippen LogP contribution in [-0.2, 0) is 13.2 Å². The van der Waals surface area contributed by atoms with E-state index in [1.54, 1.807) is 10.7 Å². The second-order valence-electron chi connectivity index (χ2n) is 4.55. The maximum absolute atomic E-state index is 13.7. The van der Waals surface area contributed by atoms with Crippen LogP contribution in [-0.4, -0.2) is 19.9 Å². The molecule has 5 nitrogen and oxygen atoms in total. The average molecular weight is 279 g/mol. The van der Waals surface area contributed by atoms with Crippen LogP contribution >= 0.6 is 0 Å². The van der Waals surface area contributed by atoms with E-state index in [1.165, 1.54) is 25.4 Å². The molecular weight excluding hydrogens is 261 g/mol. The molecule has 0 aliphatic carbocycles. The number of ether oxygens (including phenoxy) is 1. The molecule has 108 valence electrons. The highest BCUT2D eigenvalue weighted by molar-refractivity contribution is 5.30. The Kier molecular flexibility index (Phi) is 4.68. The number of rotatable bonds is 6. The fourth-order valence-electron chi connectivity index (χ4n) is 1.88. The van der Waals surface area contributed by atoms with Crippen LogP contribution in [0, 0.1) is 5.82 Å². The predicted molar refractivity (Wildman–Crippen MR) is 71.7 cm³/mol. The van der Waals surface area contributed by atoms with Gasteiger partial charge in [0.1, 0.15) is 24.5 Å². The van der Waals surface area contributed by atoms with E-state index in [-0.39, 0.29) is 12.2 Å². The van der Waals surface area contributed by atoms with E-state index in [1.807, 2.05) is 0 Å². The summed E-state index contributed by atoms with van der Waals surface area (Å²) in [6.07, 6.45) is 1.59. The summed E-state index contributed by atoms with van der Waals surface area (Å²) in [7, 11) is 0. The molecule has 0 aliphatic rings. The number of aromatic nitrogens is 3. The van der Waals surface area contributed by atoms with E-state index in [4.69, 9.17) is 4.74 Å². The van der Waals surface area contributed by atoms with Gasteiger partial charge in [0.25, 0.3) is 0 Å². The average Bonchev–Trinajstić information content (AvgIpc) is 2.84. The smallest absolute Gasteiger partial charge is 0.164 e. The third kappa shape index (κ3) is 3.33. The summed E-state index contributed by atoms with van der Waals surface area (Å²) in [6, 6.07) is 4.42. The van der Waals surface area contributed by atoms with Crippen molar-refractivity contribution in [2.75, 3.05) is 0 Å². The van der Waals surface area contributed by atoms with Gasteiger partial charge in [-0.15, -0.1) is 0 Å². The van der Waals surface area contributed by atoms with Gasteiger partial charge in [-0.2, -0.15) is 5.10 Å². The first-order chi connectivity index (χ1) is 9.61. The van der Waals surface area contributed by atoms with Gasteiger partial charge in [-0.1, -0.05) is 6.92 Å². The molecule has 0 bridgehead atoms. The van der Waals surface area contributed by atoms with Crippen LogP contribution in [0.25, 0.3) is 0 Å². The molecule has 0 radical (unpaired) electrons. The van der Waals surface area contributed by atoms with Crippen molar-refractivity contribution in [2.45, 2.75) is 39.5 Å². The predicted octanol–water partition coefficient (Wildman–Crippen LogP) is 2.46. The molecular formula is C14H18FN3O2. The van der Waals surface area contributed by atoms with Crippen molar-refractivity contribution in [2.24, 2.45) is 0 Å². The molecule has 1 heterocycles. The Morgan fingerprint density at radius 3 is 2.90 bits per heavy atom. The Morgan fingerprint density at radius 1 is 1.45 bits per heavy atom. The summed E-state index contributed by atoms with van der Waals surface area (Å²) < 4.78 is 21.0. The fraction of sp³-hybridized carbons (Fsp3) is 0.429. The number of nitrogens with zero attached hydrogens (tertiary/aromatic N) is 3. The maximum atomic E-state index is 13.7. The minimum atomic E-state index is -0.836. The van der Waals surface area contributed by atoms with E-state index >= 15 is 0 Å². The minimum Gasteiger partial charge on any atom is -0.486 e.